The minimum Gasteiger partial charge on any atom is -0.335 e. The number of anilines is 2. The largest absolute Gasteiger partial charge is 0.335 e. The summed E-state index contributed by atoms with van der Waals surface area (Å²) in [5.74, 6) is -1.21. The Morgan fingerprint density at radius 3 is 2.58 bits per heavy atom. The van der Waals surface area contributed by atoms with Crippen LogP contribution in [0.1, 0.15) is 23.0 Å². The first-order chi connectivity index (χ1) is 14.8. The van der Waals surface area contributed by atoms with Gasteiger partial charge in [0.05, 0.1) is 33.0 Å². The molecule has 2 amide bonds. The number of aryl methyl sites for hydroxylation is 1. The average molecular weight is 439 g/mol. The standard InChI is InChI=1S/C22H16ClFN4O3/c1-11-20-15(21(30)26-13-7-8-18(16(23)9-13)25-12(2)29)10-19(27-22(20)31-28-11)14-5-3-4-6-17(14)24/h3-10H,1-2H3,(H,25,29)(H,26,30). The van der Waals surface area contributed by atoms with Gasteiger partial charge in [0.2, 0.25) is 5.91 Å². The molecule has 2 aromatic heterocycles. The molecule has 2 aromatic carbocycles. The van der Waals surface area contributed by atoms with E-state index in [1.165, 1.54) is 25.1 Å². The number of halogens is 2. The van der Waals surface area contributed by atoms with E-state index in [1.807, 2.05) is 0 Å². The molecule has 0 saturated carbocycles. The molecule has 0 aliphatic carbocycles. The molecule has 9 heteroatoms. The molecule has 0 unspecified atom stereocenters. The lowest BCUT2D eigenvalue weighted by molar-refractivity contribution is -0.114. The number of carbonyl (C=O) groups excluding carboxylic acids is 2. The summed E-state index contributed by atoms with van der Waals surface area (Å²) in [7, 11) is 0. The summed E-state index contributed by atoms with van der Waals surface area (Å²) in [5, 5.41) is 9.93. The maximum absolute atomic E-state index is 14.3. The van der Waals surface area contributed by atoms with Crippen molar-refractivity contribution in [1.29, 1.82) is 0 Å². The molecule has 2 N–H and O–H groups in total. The third-order valence-electron chi connectivity index (χ3n) is 4.55. The normalized spacial score (nSPS) is 10.8. The minimum atomic E-state index is -0.475. The van der Waals surface area contributed by atoms with Crippen LogP contribution in [0, 0.1) is 12.7 Å². The molecule has 0 radical (unpaired) electrons. The predicted octanol–water partition coefficient (Wildman–Crippen LogP) is 5.20. The van der Waals surface area contributed by atoms with Crippen molar-refractivity contribution < 1.29 is 18.5 Å². The van der Waals surface area contributed by atoms with Crippen molar-refractivity contribution in [3.63, 3.8) is 0 Å². The van der Waals surface area contributed by atoms with Gasteiger partial charge in [0.15, 0.2) is 0 Å². The maximum Gasteiger partial charge on any atom is 0.259 e. The highest BCUT2D eigenvalue weighted by Gasteiger charge is 2.21. The van der Waals surface area contributed by atoms with Crippen LogP contribution in [0.4, 0.5) is 15.8 Å². The Labute approximate surface area is 181 Å². The van der Waals surface area contributed by atoms with Crippen molar-refractivity contribution in [3.05, 3.63) is 70.6 Å². The highest BCUT2D eigenvalue weighted by molar-refractivity contribution is 6.34. The number of hydrogen-bond acceptors (Lipinski definition) is 5. The molecule has 156 valence electrons. The number of pyridine rings is 1. The van der Waals surface area contributed by atoms with Gasteiger partial charge in [-0.3, -0.25) is 9.59 Å². The smallest absolute Gasteiger partial charge is 0.259 e. The number of rotatable bonds is 4. The molecule has 7 nitrogen and oxygen atoms in total. The molecule has 0 fully saturated rings. The second-order valence-corrected chi connectivity index (χ2v) is 7.22. The lowest BCUT2D eigenvalue weighted by Gasteiger charge is -2.11. The summed E-state index contributed by atoms with van der Waals surface area (Å²) >= 11 is 6.19. The van der Waals surface area contributed by atoms with Crippen LogP contribution >= 0.6 is 11.6 Å². The molecule has 0 aliphatic heterocycles. The van der Waals surface area contributed by atoms with Gasteiger partial charge in [-0.1, -0.05) is 28.9 Å². The highest BCUT2D eigenvalue weighted by Crippen LogP contribution is 2.30. The number of fused-ring (bicyclic) bond motifs is 1. The molecule has 0 saturated heterocycles. The number of hydrogen-bond donors (Lipinski definition) is 2. The van der Waals surface area contributed by atoms with Crippen molar-refractivity contribution in [2.45, 2.75) is 13.8 Å². The SMILES string of the molecule is CC(=O)Nc1ccc(NC(=O)c2cc(-c3ccccc3F)nc3onc(C)c23)cc1Cl. The number of benzene rings is 2. The predicted molar refractivity (Wildman–Crippen MR) is 116 cm³/mol. The lowest BCUT2D eigenvalue weighted by Crippen LogP contribution is -2.13. The molecule has 31 heavy (non-hydrogen) atoms. The molecular weight excluding hydrogens is 423 g/mol. The Kier molecular flexibility index (Phi) is 5.39. The van der Waals surface area contributed by atoms with Gasteiger partial charge < -0.3 is 15.2 Å². The fraction of sp³-hybridized carbons (Fsp3) is 0.0909. The first-order valence-corrected chi connectivity index (χ1v) is 9.61. The van der Waals surface area contributed by atoms with Gasteiger partial charge in [0.25, 0.3) is 11.6 Å². The van der Waals surface area contributed by atoms with Gasteiger partial charge in [-0.15, -0.1) is 0 Å². The van der Waals surface area contributed by atoms with E-state index in [1.54, 1.807) is 37.3 Å². The third-order valence-corrected chi connectivity index (χ3v) is 4.86. The number of nitrogens with zero attached hydrogens (tertiary/aromatic N) is 2. The van der Waals surface area contributed by atoms with Crippen LogP contribution in [0.15, 0.2) is 53.1 Å². The summed E-state index contributed by atoms with van der Waals surface area (Å²) in [6.07, 6.45) is 0. The van der Waals surface area contributed by atoms with E-state index in [0.29, 0.717) is 22.5 Å². The van der Waals surface area contributed by atoms with Crippen molar-refractivity contribution in [1.82, 2.24) is 10.1 Å². The third kappa shape index (κ3) is 4.10. The zero-order valence-electron chi connectivity index (χ0n) is 16.5. The molecule has 4 rings (SSSR count). The number of carbonyl (C=O) groups is 2. The summed E-state index contributed by atoms with van der Waals surface area (Å²) in [5.41, 5.74) is 2.14. The van der Waals surface area contributed by atoms with Gasteiger partial charge in [-0.25, -0.2) is 9.37 Å². The Hall–Kier alpha value is -3.78. The van der Waals surface area contributed by atoms with Crippen LogP contribution in [-0.2, 0) is 4.79 Å². The Balaban J connectivity index is 1.74. The first kappa shape index (κ1) is 20.5. The average Bonchev–Trinajstić information content (AvgIpc) is 3.10. The van der Waals surface area contributed by atoms with Gasteiger partial charge in [-0.05, 0) is 43.3 Å². The second kappa shape index (κ2) is 8.16. The molecule has 0 bridgehead atoms. The highest BCUT2D eigenvalue weighted by atomic mass is 35.5. The minimum absolute atomic E-state index is 0.127. The topological polar surface area (TPSA) is 97.1 Å². The molecule has 0 atom stereocenters. The summed E-state index contributed by atoms with van der Waals surface area (Å²) in [6.45, 7) is 3.06. The van der Waals surface area contributed by atoms with Crippen molar-refractivity contribution in [3.8, 4) is 11.3 Å². The zero-order chi connectivity index (χ0) is 22.1. The van der Waals surface area contributed by atoms with E-state index in [9.17, 15) is 14.0 Å². The van der Waals surface area contributed by atoms with E-state index in [2.05, 4.69) is 20.8 Å². The zero-order valence-corrected chi connectivity index (χ0v) is 17.2. The van der Waals surface area contributed by atoms with Gasteiger partial charge >= 0.3 is 0 Å². The van der Waals surface area contributed by atoms with E-state index in [4.69, 9.17) is 16.1 Å². The number of nitrogens with one attached hydrogen (secondary N) is 2. The summed E-state index contributed by atoms with van der Waals surface area (Å²) < 4.78 is 19.5. The Morgan fingerprint density at radius 1 is 1.10 bits per heavy atom. The fourth-order valence-corrected chi connectivity index (χ4v) is 3.39. The molecule has 2 heterocycles. The van der Waals surface area contributed by atoms with Crippen molar-refractivity contribution >= 4 is 45.9 Å². The van der Waals surface area contributed by atoms with Crippen LogP contribution < -0.4 is 10.6 Å². The van der Waals surface area contributed by atoms with Crippen LogP contribution in [0.3, 0.4) is 0 Å². The van der Waals surface area contributed by atoms with Gasteiger partial charge in [-0.2, -0.15) is 0 Å². The van der Waals surface area contributed by atoms with Crippen LogP contribution in [0.5, 0.6) is 0 Å². The van der Waals surface area contributed by atoms with Gasteiger partial charge in [0.1, 0.15) is 5.82 Å². The monoisotopic (exact) mass is 438 g/mol. The van der Waals surface area contributed by atoms with E-state index in [-0.39, 0.29) is 33.5 Å². The first-order valence-electron chi connectivity index (χ1n) is 9.24. The molecular formula is C22H16ClFN4O3. The number of aromatic nitrogens is 2. The summed E-state index contributed by atoms with van der Waals surface area (Å²) in [4.78, 5) is 28.7. The van der Waals surface area contributed by atoms with E-state index >= 15 is 0 Å². The van der Waals surface area contributed by atoms with E-state index < -0.39 is 11.7 Å². The maximum atomic E-state index is 14.3. The second-order valence-electron chi connectivity index (χ2n) is 6.81. The van der Waals surface area contributed by atoms with Crippen LogP contribution in [-0.4, -0.2) is 22.0 Å². The van der Waals surface area contributed by atoms with Crippen molar-refractivity contribution in [2.24, 2.45) is 0 Å². The number of amides is 2. The fourth-order valence-electron chi connectivity index (χ4n) is 3.16. The molecule has 0 spiro atoms. The molecule has 4 aromatic rings. The quantitative estimate of drug-likeness (QED) is 0.456. The van der Waals surface area contributed by atoms with Crippen LogP contribution in [0.25, 0.3) is 22.4 Å². The van der Waals surface area contributed by atoms with Crippen LogP contribution in [0.2, 0.25) is 5.02 Å². The van der Waals surface area contributed by atoms with Gasteiger partial charge in [0, 0.05) is 18.2 Å². The Morgan fingerprint density at radius 2 is 1.87 bits per heavy atom. The van der Waals surface area contributed by atoms with Crippen molar-refractivity contribution in [2.75, 3.05) is 10.6 Å². The summed E-state index contributed by atoms with van der Waals surface area (Å²) in [6, 6.07) is 12.3. The van der Waals surface area contributed by atoms with E-state index in [0.717, 1.165) is 0 Å². The lowest BCUT2D eigenvalue weighted by atomic mass is 10.0. The molecule has 0 aliphatic rings. The Bertz CT molecular complexity index is 1340.